The zero-order valence-electron chi connectivity index (χ0n) is 16.3. The van der Waals surface area contributed by atoms with Crippen molar-refractivity contribution in [1.29, 1.82) is 5.26 Å². The lowest BCUT2D eigenvalue weighted by atomic mass is 9.84. The van der Waals surface area contributed by atoms with Gasteiger partial charge < -0.3 is 20.3 Å². The van der Waals surface area contributed by atoms with Crippen LogP contribution in [0.4, 0.5) is 18.0 Å². The maximum atomic E-state index is 13.0. The number of nitrogens with zero attached hydrogens (tertiary/aromatic N) is 3. The molecule has 30 heavy (non-hydrogen) atoms. The van der Waals surface area contributed by atoms with Gasteiger partial charge in [0.15, 0.2) is 0 Å². The molecule has 3 rings (SSSR count). The van der Waals surface area contributed by atoms with Crippen molar-refractivity contribution in [2.45, 2.75) is 31.5 Å². The minimum atomic E-state index is -4.77. The topological polar surface area (TPSA) is 99.7 Å². The molecule has 2 unspecified atom stereocenters. The Morgan fingerprint density at radius 1 is 1.10 bits per heavy atom. The second kappa shape index (κ2) is 8.81. The van der Waals surface area contributed by atoms with Crippen LogP contribution in [0, 0.1) is 23.2 Å². The molecule has 2 heterocycles. The maximum Gasteiger partial charge on any atom is 0.573 e. The third kappa shape index (κ3) is 5.34. The quantitative estimate of drug-likeness (QED) is 0.806. The first-order valence-electron chi connectivity index (χ1n) is 9.74. The van der Waals surface area contributed by atoms with Gasteiger partial charge in [-0.25, -0.2) is 4.79 Å². The van der Waals surface area contributed by atoms with Gasteiger partial charge in [-0.1, -0.05) is 12.1 Å². The molecular formula is C20H23F3N4O3. The summed E-state index contributed by atoms with van der Waals surface area (Å²) in [5.74, 6) is -1.69. The third-order valence-electron chi connectivity index (χ3n) is 5.66. The second-order valence-corrected chi connectivity index (χ2v) is 7.73. The van der Waals surface area contributed by atoms with E-state index >= 15 is 0 Å². The predicted molar refractivity (Wildman–Crippen MR) is 100 cm³/mol. The SMILES string of the molecule is N#CC1CCN(C(=O)N2CC(C(N)=O)CC(c3ccc(OC(F)(F)F)cc3)C2)CC1. The van der Waals surface area contributed by atoms with E-state index in [1.807, 2.05) is 0 Å². The number of carbonyl (C=O) groups excluding carboxylic acids is 2. The molecule has 0 saturated carbocycles. The highest BCUT2D eigenvalue weighted by Crippen LogP contribution is 2.33. The summed E-state index contributed by atoms with van der Waals surface area (Å²) in [6.45, 7) is 1.49. The first-order chi connectivity index (χ1) is 14.2. The Morgan fingerprint density at radius 2 is 1.73 bits per heavy atom. The maximum absolute atomic E-state index is 13.0. The number of hydrogen-bond acceptors (Lipinski definition) is 4. The molecule has 2 N–H and O–H groups in total. The summed E-state index contributed by atoms with van der Waals surface area (Å²) >= 11 is 0. The number of rotatable bonds is 3. The van der Waals surface area contributed by atoms with E-state index in [0.29, 0.717) is 44.5 Å². The number of ether oxygens (including phenoxy) is 1. The predicted octanol–water partition coefficient (Wildman–Crippen LogP) is 2.83. The Labute approximate surface area is 172 Å². The molecule has 162 valence electrons. The summed E-state index contributed by atoms with van der Waals surface area (Å²) in [4.78, 5) is 28.1. The van der Waals surface area contributed by atoms with Crippen molar-refractivity contribution in [3.8, 4) is 11.8 Å². The van der Waals surface area contributed by atoms with E-state index in [1.54, 1.807) is 9.80 Å². The molecule has 0 radical (unpaired) electrons. The van der Waals surface area contributed by atoms with Crippen molar-refractivity contribution < 1.29 is 27.5 Å². The standard InChI is InChI=1S/C20H23F3N4O3/c21-20(22,23)30-17-3-1-14(2-4-17)15-9-16(18(25)28)12-27(11-15)19(29)26-7-5-13(10-24)6-8-26/h1-4,13,15-16H,5-9,11-12H2,(H2,25,28). The fourth-order valence-electron chi connectivity index (χ4n) is 4.04. The van der Waals surface area contributed by atoms with Crippen molar-refractivity contribution in [1.82, 2.24) is 9.80 Å². The Hall–Kier alpha value is -2.96. The number of alkyl halides is 3. The van der Waals surface area contributed by atoms with Crippen molar-refractivity contribution in [3.05, 3.63) is 29.8 Å². The van der Waals surface area contributed by atoms with E-state index < -0.39 is 18.2 Å². The van der Waals surface area contributed by atoms with Crippen molar-refractivity contribution in [2.24, 2.45) is 17.6 Å². The molecule has 2 aliphatic heterocycles. The molecule has 0 aliphatic carbocycles. The zero-order valence-corrected chi connectivity index (χ0v) is 16.3. The average Bonchev–Trinajstić information content (AvgIpc) is 2.72. The zero-order chi connectivity index (χ0) is 21.9. The van der Waals surface area contributed by atoms with Crippen LogP contribution in [0.5, 0.6) is 5.75 Å². The van der Waals surface area contributed by atoms with E-state index in [2.05, 4.69) is 10.8 Å². The smallest absolute Gasteiger partial charge is 0.406 e. The van der Waals surface area contributed by atoms with Crippen LogP contribution < -0.4 is 10.5 Å². The van der Waals surface area contributed by atoms with Crippen molar-refractivity contribution in [2.75, 3.05) is 26.2 Å². The largest absolute Gasteiger partial charge is 0.573 e. The van der Waals surface area contributed by atoms with Crippen LogP contribution in [0.1, 0.15) is 30.7 Å². The summed E-state index contributed by atoms with van der Waals surface area (Å²) in [5, 5.41) is 9.02. The molecule has 0 aromatic heterocycles. The lowest BCUT2D eigenvalue weighted by Gasteiger charge is -2.40. The van der Waals surface area contributed by atoms with E-state index in [4.69, 9.17) is 11.0 Å². The molecule has 0 bridgehead atoms. The molecule has 2 fully saturated rings. The molecule has 3 amide bonds. The van der Waals surface area contributed by atoms with Gasteiger partial charge in [-0.05, 0) is 37.0 Å². The Morgan fingerprint density at radius 3 is 2.27 bits per heavy atom. The highest BCUT2D eigenvalue weighted by molar-refractivity contribution is 5.80. The molecule has 2 aliphatic rings. The third-order valence-corrected chi connectivity index (χ3v) is 5.66. The van der Waals surface area contributed by atoms with Gasteiger partial charge in [0, 0.05) is 38.0 Å². The van der Waals surface area contributed by atoms with Gasteiger partial charge >= 0.3 is 12.4 Å². The molecule has 1 aromatic carbocycles. The molecule has 0 spiro atoms. The number of likely N-dealkylation sites (tertiary alicyclic amines) is 2. The number of amides is 3. The Balaban J connectivity index is 1.72. The van der Waals surface area contributed by atoms with Crippen molar-refractivity contribution in [3.63, 3.8) is 0 Å². The lowest BCUT2D eigenvalue weighted by Crippen LogP contribution is -2.53. The minimum Gasteiger partial charge on any atom is -0.406 e. The van der Waals surface area contributed by atoms with Crippen LogP contribution in [0.2, 0.25) is 0 Å². The number of nitriles is 1. The van der Waals surface area contributed by atoms with Crippen LogP contribution >= 0.6 is 0 Å². The second-order valence-electron chi connectivity index (χ2n) is 7.73. The summed E-state index contributed by atoms with van der Waals surface area (Å²) in [6.07, 6.45) is -3.14. The van der Waals surface area contributed by atoms with Crippen LogP contribution in [0.3, 0.4) is 0 Å². The number of piperidine rings is 2. The molecule has 2 saturated heterocycles. The number of urea groups is 1. The van der Waals surface area contributed by atoms with Gasteiger partial charge in [0.2, 0.25) is 5.91 Å². The van der Waals surface area contributed by atoms with Gasteiger partial charge in [-0.2, -0.15) is 5.26 Å². The van der Waals surface area contributed by atoms with Crippen molar-refractivity contribution >= 4 is 11.9 Å². The van der Waals surface area contributed by atoms with E-state index in [1.165, 1.54) is 24.3 Å². The number of nitrogens with two attached hydrogens (primary N) is 1. The van der Waals surface area contributed by atoms with E-state index in [0.717, 1.165) is 0 Å². The average molecular weight is 424 g/mol. The summed E-state index contributed by atoms with van der Waals surface area (Å²) < 4.78 is 41.0. The van der Waals surface area contributed by atoms with Crippen LogP contribution in [0.15, 0.2) is 24.3 Å². The minimum absolute atomic E-state index is 0.0565. The number of hydrogen-bond donors (Lipinski definition) is 1. The fourth-order valence-corrected chi connectivity index (χ4v) is 4.04. The number of halogens is 3. The first kappa shape index (κ1) is 21.7. The van der Waals surface area contributed by atoms with Crippen LogP contribution in [0.25, 0.3) is 0 Å². The first-order valence-corrected chi connectivity index (χ1v) is 9.74. The van der Waals surface area contributed by atoms with Crippen LogP contribution in [-0.2, 0) is 4.79 Å². The van der Waals surface area contributed by atoms with Gasteiger partial charge in [0.25, 0.3) is 0 Å². The van der Waals surface area contributed by atoms with Crippen LogP contribution in [-0.4, -0.2) is 54.3 Å². The normalized spacial score (nSPS) is 23.0. The van der Waals surface area contributed by atoms with Gasteiger partial charge in [-0.15, -0.1) is 13.2 Å². The van der Waals surface area contributed by atoms with E-state index in [-0.39, 0.29) is 30.2 Å². The highest BCUT2D eigenvalue weighted by atomic mass is 19.4. The van der Waals surface area contributed by atoms with Gasteiger partial charge in [0.05, 0.1) is 12.0 Å². The summed E-state index contributed by atoms with van der Waals surface area (Å²) in [7, 11) is 0. The molecule has 2 atom stereocenters. The lowest BCUT2D eigenvalue weighted by molar-refractivity contribution is -0.274. The monoisotopic (exact) mass is 424 g/mol. The Bertz CT molecular complexity index is 814. The molecule has 1 aromatic rings. The van der Waals surface area contributed by atoms with Gasteiger partial charge in [-0.3, -0.25) is 4.79 Å². The van der Waals surface area contributed by atoms with E-state index in [9.17, 15) is 22.8 Å². The number of benzene rings is 1. The molecule has 10 heteroatoms. The highest BCUT2D eigenvalue weighted by Gasteiger charge is 2.36. The number of carbonyl (C=O) groups is 2. The fraction of sp³-hybridized carbons (Fsp3) is 0.550. The summed E-state index contributed by atoms with van der Waals surface area (Å²) in [5.41, 5.74) is 6.21. The summed E-state index contributed by atoms with van der Waals surface area (Å²) in [6, 6.07) is 7.47. The number of primary amides is 1. The Kier molecular flexibility index (Phi) is 6.39. The molecule has 7 nitrogen and oxygen atoms in total. The molecular weight excluding hydrogens is 401 g/mol. The van der Waals surface area contributed by atoms with Gasteiger partial charge in [0.1, 0.15) is 5.75 Å².